The predicted molar refractivity (Wildman–Crippen MR) is 131 cm³/mol. The van der Waals surface area contributed by atoms with Gasteiger partial charge >= 0.3 is 0 Å². The molecule has 0 spiro atoms. The average Bonchev–Trinajstić information content (AvgIpc) is 2.73. The molecular weight excluding hydrogens is 354 g/mol. The summed E-state index contributed by atoms with van der Waals surface area (Å²) in [5.74, 6) is 0. The van der Waals surface area contributed by atoms with E-state index in [1.54, 1.807) is 5.69 Å². The van der Waals surface area contributed by atoms with E-state index in [1.807, 2.05) is 0 Å². The van der Waals surface area contributed by atoms with Crippen LogP contribution in [0.5, 0.6) is 0 Å². The highest BCUT2D eigenvalue weighted by Gasteiger charge is 2.28. The molecule has 2 nitrogen and oxygen atoms in total. The van der Waals surface area contributed by atoms with E-state index in [4.69, 9.17) is 0 Å². The fourth-order valence-corrected chi connectivity index (χ4v) is 4.52. The third kappa shape index (κ3) is 12.4. The van der Waals surface area contributed by atoms with Crippen LogP contribution in [0.2, 0.25) is 0 Å². The van der Waals surface area contributed by atoms with Gasteiger partial charge in [0.2, 0.25) is 0 Å². The second-order valence-electron chi connectivity index (χ2n) is 8.89. The fourth-order valence-electron chi connectivity index (χ4n) is 4.52. The average molecular weight is 406 g/mol. The van der Waals surface area contributed by atoms with Gasteiger partial charge in [-0.25, -0.2) is 0 Å². The van der Waals surface area contributed by atoms with Crippen LogP contribution in [0.4, 0.5) is 5.69 Å². The largest absolute Gasteiger partial charge is 0.870 e. The van der Waals surface area contributed by atoms with Crippen LogP contribution in [0.15, 0.2) is 30.3 Å². The summed E-state index contributed by atoms with van der Waals surface area (Å²) in [5.41, 5.74) is 1.57. The van der Waals surface area contributed by atoms with Crippen LogP contribution < -0.4 is 4.48 Å². The van der Waals surface area contributed by atoms with Gasteiger partial charge in [0, 0.05) is 0 Å². The maximum atomic E-state index is 2.41. The minimum atomic E-state index is 0. The minimum absolute atomic E-state index is 0. The number of para-hydroxylation sites is 1. The van der Waals surface area contributed by atoms with Gasteiger partial charge in [0.1, 0.15) is 5.69 Å². The van der Waals surface area contributed by atoms with Crippen LogP contribution in [-0.4, -0.2) is 25.1 Å². The van der Waals surface area contributed by atoms with Crippen molar-refractivity contribution in [2.45, 2.75) is 117 Å². The normalized spacial score (nSPS) is 11.4. The Morgan fingerprint density at radius 3 is 1.17 bits per heavy atom. The molecule has 170 valence electrons. The molecule has 0 fully saturated rings. The molecule has 0 bridgehead atoms. The Bertz CT molecular complexity index is 409. The lowest BCUT2D eigenvalue weighted by Gasteiger charge is -2.39. The summed E-state index contributed by atoms with van der Waals surface area (Å²) in [4.78, 5) is 0. The molecule has 0 amide bonds. The van der Waals surface area contributed by atoms with Gasteiger partial charge in [-0.05, 0) is 50.7 Å². The van der Waals surface area contributed by atoms with Crippen LogP contribution in [-0.2, 0) is 0 Å². The molecular formula is C27H51NO. The Balaban J connectivity index is 0.00000784. The SMILES string of the molecule is CCCCCCC[N+](CCCCCCC)(CCCCCCC)c1ccccc1.[OH-]. The molecule has 1 aromatic carbocycles. The zero-order valence-corrected chi connectivity index (χ0v) is 20.0. The summed E-state index contributed by atoms with van der Waals surface area (Å²) in [7, 11) is 0. The summed E-state index contributed by atoms with van der Waals surface area (Å²) < 4.78 is 1.24. The van der Waals surface area contributed by atoms with E-state index in [1.165, 1.54) is 120 Å². The van der Waals surface area contributed by atoms with E-state index in [2.05, 4.69) is 51.1 Å². The smallest absolute Gasteiger partial charge is 0.132 e. The highest BCUT2D eigenvalue weighted by atomic mass is 16.0. The lowest BCUT2D eigenvalue weighted by molar-refractivity contribution is 0.253. The van der Waals surface area contributed by atoms with Crippen molar-refractivity contribution < 1.29 is 5.48 Å². The molecule has 0 heterocycles. The second kappa shape index (κ2) is 19.1. The number of hydrogen-bond acceptors (Lipinski definition) is 1. The first-order chi connectivity index (χ1) is 13.8. The Hall–Kier alpha value is -0.860. The van der Waals surface area contributed by atoms with Crippen molar-refractivity contribution in [1.82, 2.24) is 4.48 Å². The van der Waals surface area contributed by atoms with Gasteiger partial charge in [0.25, 0.3) is 0 Å². The van der Waals surface area contributed by atoms with Crippen LogP contribution in [0.25, 0.3) is 0 Å². The van der Waals surface area contributed by atoms with Crippen molar-refractivity contribution >= 4 is 5.69 Å². The minimum Gasteiger partial charge on any atom is -0.870 e. The van der Waals surface area contributed by atoms with Gasteiger partial charge in [0.15, 0.2) is 0 Å². The second-order valence-corrected chi connectivity index (χ2v) is 8.89. The first-order valence-corrected chi connectivity index (χ1v) is 12.7. The summed E-state index contributed by atoms with van der Waals surface area (Å²) in [6, 6.07) is 11.5. The van der Waals surface area contributed by atoms with Gasteiger partial charge in [-0.1, -0.05) is 96.8 Å². The number of quaternary nitrogens is 1. The Morgan fingerprint density at radius 2 is 0.828 bits per heavy atom. The number of rotatable bonds is 19. The Labute approximate surface area is 183 Å². The topological polar surface area (TPSA) is 30.0 Å². The number of nitrogens with zero attached hydrogens (tertiary/aromatic N) is 1. The third-order valence-electron chi connectivity index (χ3n) is 6.37. The molecule has 29 heavy (non-hydrogen) atoms. The van der Waals surface area contributed by atoms with Crippen molar-refractivity contribution in [2.75, 3.05) is 19.6 Å². The van der Waals surface area contributed by atoms with E-state index in [0.29, 0.717) is 0 Å². The molecule has 2 heteroatoms. The van der Waals surface area contributed by atoms with E-state index >= 15 is 0 Å². The van der Waals surface area contributed by atoms with E-state index in [9.17, 15) is 0 Å². The summed E-state index contributed by atoms with van der Waals surface area (Å²) in [5, 5.41) is 0. The van der Waals surface area contributed by atoms with E-state index < -0.39 is 0 Å². The molecule has 0 aliphatic rings. The molecule has 0 aliphatic heterocycles. The standard InChI is InChI=1S/C27H50N.H2O/c1-4-7-10-13-19-24-28(25-20-14-11-8-5-2,26-21-15-12-9-6-3)27-22-17-16-18-23-27;/h16-18,22-23H,4-15,19-21,24-26H2,1-3H3;1H2/q+1;/p-1. The first kappa shape index (κ1) is 28.1. The third-order valence-corrected chi connectivity index (χ3v) is 6.37. The lowest BCUT2D eigenvalue weighted by Crippen LogP contribution is -2.51. The molecule has 1 N–H and O–H groups in total. The number of hydrogen-bond donors (Lipinski definition) is 0. The molecule has 1 aromatic rings. The Kier molecular flexibility index (Phi) is 18.6. The molecule has 0 radical (unpaired) electrons. The fraction of sp³-hybridized carbons (Fsp3) is 0.778. The molecule has 1 rings (SSSR count). The Morgan fingerprint density at radius 1 is 0.483 bits per heavy atom. The molecule has 0 aliphatic carbocycles. The van der Waals surface area contributed by atoms with Gasteiger partial charge < -0.3 is 5.48 Å². The molecule has 0 unspecified atom stereocenters. The number of unbranched alkanes of at least 4 members (excludes halogenated alkanes) is 12. The molecule has 0 saturated heterocycles. The predicted octanol–water partition coefficient (Wildman–Crippen LogP) is 8.73. The molecule has 0 aromatic heterocycles. The monoisotopic (exact) mass is 405 g/mol. The van der Waals surface area contributed by atoms with Gasteiger partial charge in [0.05, 0.1) is 19.6 Å². The summed E-state index contributed by atoms with van der Waals surface area (Å²) >= 11 is 0. The first-order valence-electron chi connectivity index (χ1n) is 12.7. The van der Waals surface area contributed by atoms with Gasteiger partial charge in [-0.2, -0.15) is 0 Å². The maximum absolute atomic E-state index is 2.41. The zero-order chi connectivity index (χ0) is 20.3. The highest BCUT2D eigenvalue weighted by molar-refractivity contribution is 5.42. The van der Waals surface area contributed by atoms with Gasteiger partial charge in [-0.3, -0.25) is 4.48 Å². The van der Waals surface area contributed by atoms with Crippen molar-refractivity contribution in [2.24, 2.45) is 0 Å². The van der Waals surface area contributed by atoms with Crippen molar-refractivity contribution in [3.63, 3.8) is 0 Å². The molecule has 0 atom stereocenters. The van der Waals surface area contributed by atoms with Gasteiger partial charge in [-0.15, -0.1) is 0 Å². The lowest BCUT2D eigenvalue weighted by atomic mass is 10.1. The van der Waals surface area contributed by atoms with Crippen LogP contribution in [0.1, 0.15) is 117 Å². The summed E-state index contributed by atoms with van der Waals surface area (Å²) in [6.45, 7) is 11.0. The molecule has 0 saturated carbocycles. The van der Waals surface area contributed by atoms with Crippen molar-refractivity contribution in [3.05, 3.63) is 30.3 Å². The van der Waals surface area contributed by atoms with E-state index in [-0.39, 0.29) is 5.48 Å². The van der Waals surface area contributed by atoms with E-state index in [0.717, 1.165) is 0 Å². The highest BCUT2D eigenvalue weighted by Crippen LogP contribution is 2.27. The number of benzene rings is 1. The van der Waals surface area contributed by atoms with Crippen LogP contribution in [0, 0.1) is 0 Å². The quantitative estimate of drug-likeness (QED) is 0.167. The van der Waals surface area contributed by atoms with Crippen LogP contribution >= 0.6 is 0 Å². The van der Waals surface area contributed by atoms with Crippen LogP contribution in [0.3, 0.4) is 0 Å². The summed E-state index contributed by atoms with van der Waals surface area (Å²) in [6.07, 6.45) is 20.9. The van der Waals surface area contributed by atoms with Crippen molar-refractivity contribution in [3.8, 4) is 0 Å². The zero-order valence-electron chi connectivity index (χ0n) is 20.0. The van der Waals surface area contributed by atoms with Crippen molar-refractivity contribution in [1.29, 1.82) is 0 Å². The maximum Gasteiger partial charge on any atom is 0.132 e.